The molecule has 1 N–H and O–H groups in total. The van der Waals surface area contributed by atoms with Crippen molar-refractivity contribution < 1.29 is 9.84 Å². The molecule has 0 atom stereocenters. The molecule has 0 amide bonds. The molecule has 3 heteroatoms. The number of ether oxygens (including phenoxy) is 1. The van der Waals surface area contributed by atoms with Crippen molar-refractivity contribution in [2.24, 2.45) is 0 Å². The van der Waals surface area contributed by atoms with E-state index in [9.17, 15) is 5.11 Å². The van der Waals surface area contributed by atoms with Crippen molar-refractivity contribution in [1.82, 2.24) is 4.98 Å². The van der Waals surface area contributed by atoms with Crippen LogP contribution in [0, 0.1) is 0 Å². The third-order valence-electron chi connectivity index (χ3n) is 3.77. The summed E-state index contributed by atoms with van der Waals surface area (Å²) in [6.45, 7) is 0. The van der Waals surface area contributed by atoms with Crippen LogP contribution in [0.5, 0.6) is 17.2 Å². The molecule has 2 heterocycles. The van der Waals surface area contributed by atoms with Crippen LogP contribution in [0.1, 0.15) is 22.7 Å². The van der Waals surface area contributed by atoms with E-state index in [1.807, 2.05) is 48.5 Å². The largest absolute Gasteiger partial charge is 0.506 e. The maximum Gasteiger partial charge on any atom is 0.138 e. The summed E-state index contributed by atoms with van der Waals surface area (Å²) in [6, 6.07) is 19.2. The van der Waals surface area contributed by atoms with E-state index in [0.29, 0.717) is 5.69 Å². The second kappa shape index (κ2) is 4.63. The summed E-state index contributed by atoms with van der Waals surface area (Å²) >= 11 is 0. The van der Waals surface area contributed by atoms with Crippen LogP contribution in [-0.4, -0.2) is 10.1 Å². The van der Waals surface area contributed by atoms with Crippen molar-refractivity contribution in [2.75, 3.05) is 0 Å². The third-order valence-corrected chi connectivity index (χ3v) is 3.77. The number of nitrogens with zero attached hydrogens (tertiary/aromatic N) is 1. The molecule has 0 saturated heterocycles. The van der Waals surface area contributed by atoms with E-state index in [-0.39, 0.29) is 11.7 Å². The Hall–Kier alpha value is -2.81. The molecule has 0 bridgehead atoms. The Morgan fingerprint density at radius 1 is 0.810 bits per heavy atom. The number of rotatable bonds is 1. The molecule has 4 rings (SSSR count). The average Bonchev–Trinajstić information content (AvgIpc) is 2.53. The predicted octanol–water partition coefficient (Wildman–Crippen LogP) is 4.07. The van der Waals surface area contributed by atoms with Gasteiger partial charge in [-0.15, -0.1) is 0 Å². The van der Waals surface area contributed by atoms with Gasteiger partial charge >= 0.3 is 0 Å². The number of benzene rings is 2. The van der Waals surface area contributed by atoms with E-state index < -0.39 is 0 Å². The molecular weight excluding hydrogens is 262 g/mol. The van der Waals surface area contributed by atoms with E-state index in [1.54, 1.807) is 18.3 Å². The maximum atomic E-state index is 10.2. The quantitative estimate of drug-likeness (QED) is 0.569. The average molecular weight is 275 g/mol. The van der Waals surface area contributed by atoms with Gasteiger partial charge in [0.25, 0.3) is 0 Å². The van der Waals surface area contributed by atoms with Crippen LogP contribution in [0.2, 0.25) is 0 Å². The van der Waals surface area contributed by atoms with Crippen molar-refractivity contribution >= 4 is 0 Å². The normalized spacial score (nSPS) is 13.1. The number of fused-ring (bicyclic) bond motifs is 2. The molecule has 1 aliphatic rings. The minimum Gasteiger partial charge on any atom is -0.506 e. The Morgan fingerprint density at radius 2 is 1.43 bits per heavy atom. The van der Waals surface area contributed by atoms with Crippen molar-refractivity contribution in [2.45, 2.75) is 5.92 Å². The van der Waals surface area contributed by atoms with Crippen LogP contribution in [0.25, 0.3) is 0 Å². The molecule has 1 aliphatic heterocycles. The van der Waals surface area contributed by atoms with Crippen molar-refractivity contribution in [1.29, 1.82) is 0 Å². The molecule has 0 fully saturated rings. The Kier molecular flexibility index (Phi) is 2.64. The molecule has 3 nitrogen and oxygen atoms in total. The summed E-state index contributed by atoms with van der Waals surface area (Å²) in [5.74, 6) is 1.71. The highest BCUT2D eigenvalue weighted by atomic mass is 16.5. The molecule has 0 saturated carbocycles. The molecule has 21 heavy (non-hydrogen) atoms. The van der Waals surface area contributed by atoms with Crippen LogP contribution >= 0.6 is 0 Å². The highest BCUT2D eigenvalue weighted by Gasteiger charge is 2.30. The van der Waals surface area contributed by atoms with Gasteiger partial charge in [-0.05, 0) is 24.3 Å². The monoisotopic (exact) mass is 275 g/mol. The lowest BCUT2D eigenvalue weighted by molar-refractivity contribution is 0.440. The van der Waals surface area contributed by atoms with Gasteiger partial charge in [-0.25, -0.2) is 0 Å². The highest BCUT2D eigenvalue weighted by molar-refractivity contribution is 5.58. The predicted molar refractivity (Wildman–Crippen MR) is 79.8 cm³/mol. The van der Waals surface area contributed by atoms with Gasteiger partial charge in [0.05, 0.1) is 11.6 Å². The van der Waals surface area contributed by atoms with Gasteiger partial charge in [0, 0.05) is 17.3 Å². The number of hydrogen-bond acceptors (Lipinski definition) is 3. The van der Waals surface area contributed by atoms with Crippen LogP contribution < -0.4 is 4.74 Å². The van der Waals surface area contributed by atoms with E-state index in [4.69, 9.17) is 4.74 Å². The first-order valence-electron chi connectivity index (χ1n) is 6.84. The molecule has 3 aromatic rings. The lowest BCUT2D eigenvalue weighted by Gasteiger charge is -2.28. The molecule has 0 aliphatic carbocycles. The van der Waals surface area contributed by atoms with Crippen molar-refractivity contribution in [3.05, 3.63) is 83.7 Å². The zero-order valence-corrected chi connectivity index (χ0v) is 11.2. The zero-order chi connectivity index (χ0) is 14.2. The third kappa shape index (κ3) is 1.86. The van der Waals surface area contributed by atoms with Gasteiger partial charge in [-0.1, -0.05) is 36.4 Å². The summed E-state index contributed by atoms with van der Waals surface area (Å²) in [5.41, 5.74) is 2.69. The van der Waals surface area contributed by atoms with Crippen LogP contribution in [0.3, 0.4) is 0 Å². The highest BCUT2D eigenvalue weighted by Crippen LogP contribution is 2.47. The van der Waals surface area contributed by atoms with E-state index in [0.717, 1.165) is 22.6 Å². The summed E-state index contributed by atoms with van der Waals surface area (Å²) in [5, 5.41) is 10.2. The van der Waals surface area contributed by atoms with E-state index in [1.165, 1.54) is 0 Å². The first kappa shape index (κ1) is 12.0. The molecule has 0 unspecified atom stereocenters. The topological polar surface area (TPSA) is 42.4 Å². The number of aromatic hydroxyl groups is 1. The smallest absolute Gasteiger partial charge is 0.138 e. The van der Waals surface area contributed by atoms with Gasteiger partial charge in [-0.2, -0.15) is 0 Å². The second-order valence-electron chi connectivity index (χ2n) is 5.02. The van der Waals surface area contributed by atoms with Crippen LogP contribution in [-0.2, 0) is 0 Å². The summed E-state index contributed by atoms with van der Waals surface area (Å²) in [7, 11) is 0. The summed E-state index contributed by atoms with van der Waals surface area (Å²) < 4.78 is 5.96. The molecule has 2 aromatic carbocycles. The van der Waals surface area contributed by atoms with Gasteiger partial charge < -0.3 is 9.84 Å². The van der Waals surface area contributed by atoms with Gasteiger partial charge in [0.15, 0.2) is 0 Å². The minimum absolute atomic E-state index is 0.118. The Bertz CT molecular complexity index is 753. The molecule has 1 aromatic heterocycles. The SMILES string of the molecule is Oc1cccnc1C1c2ccccc2Oc2ccccc21. The Morgan fingerprint density at radius 3 is 2.05 bits per heavy atom. The van der Waals surface area contributed by atoms with Crippen molar-refractivity contribution in [3.63, 3.8) is 0 Å². The maximum absolute atomic E-state index is 10.2. The van der Waals surface area contributed by atoms with Crippen molar-refractivity contribution in [3.8, 4) is 17.2 Å². The fraction of sp³-hybridized carbons (Fsp3) is 0.0556. The molecule has 0 spiro atoms. The Balaban J connectivity index is 2.00. The molecule has 0 radical (unpaired) electrons. The van der Waals surface area contributed by atoms with Crippen LogP contribution in [0.4, 0.5) is 0 Å². The lowest BCUT2D eigenvalue weighted by atomic mass is 9.85. The van der Waals surface area contributed by atoms with Gasteiger partial charge in [0.2, 0.25) is 0 Å². The molecule has 102 valence electrons. The number of hydrogen-bond donors (Lipinski definition) is 1. The first-order chi connectivity index (χ1) is 10.3. The van der Waals surface area contributed by atoms with E-state index >= 15 is 0 Å². The first-order valence-corrected chi connectivity index (χ1v) is 6.84. The van der Waals surface area contributed by atoms with Gasteiger partial charge in [0.1, 0.15) is 17.2 Å². The van der Waals surface area contributed by atoms with Gasteiger partial charge in [-0.3, -0.25) is 4.98 Å². The lowest BCUT2D eigenvalue weighted by Crippen LogP contribution is -2.12. The summed E-state index contributed by atoms with van der Waals surface area (Å²) in [6.07, 6.45) is 1.70. The fourth-order valence-electron chi connectivity index (χ4n) is 2.84. The van der Waals surface area contributed by atoms with E-state index in [2.05, 4.69) is 4.98 Å². The minimum atomic E-state index is -0.118. The standard InChI is InChI=1S/C18H13NO2/c20-14-8-5-11-19-18(14)17-12-6-1-3-9-15(12)21-16-10-4-2-7-13(16)17/h1-11,17,20H. The number of pyridine rings is 1. The Labute approximate surface area is 122 Å². The second-order valence-corrected chi connectivity index (χ2v) is 5.02. The number of aromatic nitrogens is 1. The fourth-order valence-corrected chi connectivity index (χ4v) is 2.84. The van der Waals surface area contributed by atoms with Crippen LogP contribution in [0.15, 0.2) is 66.9 Å². The zero-order valence-electron chi connectivity index (χ0n) is 11.2. The number of para-hydroxylation sites is 2. The molecular formula is C18H13NO2. The summed E-state index contributed by atoms with van der Waals surface area (Å²) in [4.78, 5) is 4.39.